The Bertz CT molecular complexity index is 352. The van der Waals surface area contributed by atoms with Crippen LogP contribution in [0.1, 0.15) is 29.5 Å². The maximum absolute atomic E-state index is 9.66. The van der Waals surface area contributed by atoms with Gasteiger partial charge in [0.25, 0.3) is 0 Å². The Kier molecular flexibility index (Phi) is 1.97. The monoisotopic (exact) mass is 174 g/mol. The molecular weight excluding hydrogens is 160 g/mol. The van der Waals surface area contributed by atoms with Crippen molar-refractivity contribution in [2.45, 2.75) is 25.9 Å². The Balaban J connectivity index is 2.60. The molecule has 0 amide bonds. The van der Waals surface area contributed by atoms with Gasteiger partial charge in [0.15, 0.2) is 0 Å². The van der Waals surface area contributed by atoms with E-state index in [4.69, 9.17) is 0 Å². The Morgan fingerprint density at radius 2 is 2.08 bits per heavy atom. The summed E-state index contributed by atoms with van der Waals surface area (Å²) in [5.74, 6) is 0.223. The zero-order valence-electron chi connectivity index (χ0n) is 7.99. The zero-order chi connectivity index (χ0) is 9.42. The molecule has 1 nitrogen and oxygen atoms in total. The van der Waals surface area contributed by atoms with Gasteiger partial charge in [-0.25, -0.2) is 0 Å². The number of aliphatic hydroxyl groups is 1. The molecule has 68 valence electrons. The van der Waals surface area contributed by atoms with Gasteiger partial charge in [0, 0.05) is 5.92 Å². The maximum atomic E-state index is 9.66. The molecule has 0 unspecified atom stereocenters. The van der Waals surface area contributed by atoms with Crippen LogP contribution in [0.2, 0.25) is 0 Å². The van der Waals surface area contributed by atoms with E-state index in [1.54, 1.807) is 0 Å². The fourth-order valence-electron chi connectivity index (χ4n) is 2.01. The molecule has 1 heteroatoms. The van der Waals surface area contributed by atoms with Crippen molar-refractivity contribution in [3.05, 3.63) is 41.0 Å². The van der Waals surface area contributed by atoms with Gasteiger partial charge in [-0.3, -0.25) is 0 Å². The minimum absolute atomic E-state index is 0.223. The van der Waals surface area contributed by atoms with Crippen LogP contribution < -0.4 is 0 Å². The first-order chi connectivity index (χ1) is 6.20. The van der Waals surface area contributed by atoms with Gasteiger partial charge in [0.2, 0.25) is 0 Å². The molecule has 13 heavy (non-hydrogen) atoms. The van der Waals surface area contributed by atoms with Crippen LogP contribution in [0.5, 0.6) is 0 Å². The molecule has 0 aliphatic heterocycles. The largest absolute Gasteiger partial charge is 0.388 e. The Morgan fingerprint density at radius 3 is 2.85 bits per heavy atom. The lowest BCUT2D eigenvalue weighted by molar-refractivity contribution is 0.196. The molecule has 1 aromatic carbocycles. The lowest BCUT2D eigenvalue weighted by atomic mass is 9.84. The quantitative estimate of drug-likeness (QED) is 0.640. The van der Waals surface area contributed by atoms with Crippen molar-refractivity contribution in [2.24, 2.45) is 0 Å². The molecule has 2 rings (SSSR count). The van der Waals surface area contributed by atoms with Crippen LogP contribution in [-0.4, -0.2) is 11.2 Å². The van der Waals surface area contributed by atoms with Crippen LogP contribution in [0.4, 0.5) is 0 Å². The van der Waals surface area contributed by atoms with Crippen molar-refractivity contribution >= 4 is 6.08 Å². The number of aliphatic hydroxyl groups excluding tert-OH is 1. The highest BCUT2D eigenvalue weighted by Crippen LogP contribution is 2.31. The van der Waals surface area contributed by atoms with Crippen molar-refractivity contribution < 1.29 is 5.11 Å². The smallest absolute Gasteiger partial charge is 0.0790 e. The van der Waals surface area contributed by atoms with E-state index >= 15 is 0 Å². The highest BCUT2D eigenvalue weighted by molar-refractivity contribution is 5.60. The zero-order valence-corrected chi connectivity index (χ0v) is 7.99. The number of hydrogen-bond donors (Lipinski definition) is 1. The topological polar surface area (TPSA) is 20.2 Å². The predicted molar refractivity (Wildman–Crippen MR) is 54.6 cm³/mol. The van der Waals surface area contributed by atoms with E-state index in [1.165, 1.54) is 16.7 Å². The summed E-state index contributed by atoms with van der Waals surface area (Å²) < 4.78 is 0. The van der Waals surface area contributed by atoms with Gasteiger partial charge < -0.3 is 5.11 Å². The van der Waals surface area contributed by atoms with Gasteiger partial charge in [0.1, 0.15) is 0 Å². The molecule has 2 atom stereocenters. The summed E-state index contributed by atoms with van der Waals surface area (Å²) in [4.78, 5) is 0. The summed E-state index contributed by atoms with van der Waals surface area (Å²) in [6, 6.07) is 6.26. The van der Waals surface area contributed by atoms with Gasteiger partial charge in [0.05, 0.1) is 6.10 Å². The second-order valence-corrected chi connectivity index (χ2v) is 3.72. The second-order valence-electron chi connectivity index (χ2n) is 3.72. The van der Waals surface area contributed by atoms with Crippen molar-refractivity contribution in [3.63, 3.8) is 0 Å². The van der Waals surface area contributed by atoms with Crippen molar-refractivity contribution in [1.29, 1.82) is 0 Å². The normalized spacial score (nSPS) is 25.8. The molecule has 0 spiro atoms. The summed E-state index contributed by atoms with van der Waals surface area (Å²) in [7, 11) is 0. The van der Waals surface area contributed by atoms with E-state index in [1.807, 2.05) is 12.2 Å². The first-order valence-corrected chi connectivity index (χ1v) is 4.66. The van der Waals surface area contributed by atoms with E-state index in [-0.39, 0.29) is 12.0 Å². The lowest BCUT2D eigenvalue weighted by Crippen LogP contribution is -2.18. The standard InChI is InChI=1S/C12H14O/c1-8-4-3-5-10-6-7-11(13)9(2)12(8)10/h3-7,9,11,13H,1-2H3/t9-,11-/m0/s1. The molecule has 0 aromatic heterocycles. The van der Waals surface area contributed by atoms with Crippen molar-refractivity contribution in [3.8, 4) is 0 Å². The van der Waals surface area contributed by atoms with Crippen LogP contribution in [0.25, 0.3) is 6.08 Å². The third-order valence-electron chi connectivity index (χ3n) is 2.80. The van der Waals surface area contributed by atoms with Crippen LogP contribution >= 0.6 is 0 Å². The van der Waals surface area contributed by atoms with Crippen LogP contribution in [0.3, 0.4) is 0 Å². The average molecular weight is 174 g/mol. The Hall–Kier alpha value is -1.08. The average Bonchev–Trinajstić information content (AvgIpc) is 2.12. The summed E-state index contributed by atoms with van der Waals surface area (Å²) >= 11 is 0. The maximum Gasteiger partial charge on any atom is 0.0790 e. The molecule has 0 bridgehead atoms. The van der Waals surface area contributed by atoms with Crippen LogP contribution in [-0.2, 0) is 0 Å². The summed E-state index contributed by atoms with van der Waals surface area (Å²) in [6.45, 7) is 4.17. The number of rotatable bonds is 0. The molecule has 1 aliphatic rings. The van der Waals surface area contributed by atoms with Gasteiger partial charge in [-0.2, -0.15) is 0 Å². The molecule has 0 saturated heterocycles. The SMILES string of the molecule is Cc1cccc2c1[C@@H](C)[C@@H](O)C=C2. The Labute approximate surface area is 78.7 Å². The first-order valence-electron chi connectivity index (χ1n) is 4.66. The highest BCUT2D eigenvalue weighted by Gasteiger charge is 2.21. The van der Waals surface area contributed by atoms with E-state index in [9.17, 15) is 5.11 Å². The highest BCUT2D eigenvalue weighted by atomic mass is 16.3. The first kappa shape index (κ1) is 8.52. The van der Waals surface area contributed by atoms with Crippen molar-refractivity contribution in [2.75, 3.05) is 0 Å². The summed E-state index contributed by atoms with van der Waals surface area (Å²) in [5.41, 5.74) is 3.81. The third-order valence-corrected chi connectivity index (χ3v) is 2.80. The fraction of sp³-hybridized carbons (Fsp3) is 0.333. The van der Waals surface area contributed by atoms with Crippen LogP contribution in [0.15, 0.2) is 24.3 Å². The van der Waals surface area contributed by atoms with Gasteiger partial charge >= 0.3 is 0 Å². The third kappa shape index (κ3) is 1.29. The molecule has 1 N–H and O–H groups in total. The predicted octanol–water partition coefficient (Wildman–Crippen LogP) is 2.49. The molecule has 0 radical (unpaired) electrons. The number of fused-ring (bicyclic) bond motifs is 1. The van der Waals surface area contributed by atoms with E-state index in [0.717, 1.165) is 0 Å². The van der Waals surface area contributed by atoms with E-state index < -0.39 is 0 Å². The molecule has 0 saturated carbocycles. The second kappa shape index (κ2) is 3.00. The molecule has 1 aliphatic carbocycles. The van der Waals surface area contributed by atoms with Crippen LogP contribution in [0, 0.1) is 6.92 Å². The molecule has 0 heterocycles. The van der Waals surface area contributed by atoms with Gasteiger partial charge in [-0.05, 0) is 23.6 Å². The summed E-state index contributed by atoms with van der Waals surface area (Å²) in [5, 5.41) is 9.66. The minimum Gasteiger partial charge on any atom is -0.388 e. The number of hydrogen-bond acceptors (Lipinski definition) is 1. The molecular formula is C12H14O. The molecule has 0 fully saturated rings. The number of aryl methyl sites for hydroxylation is 1. The number of benzene rings is 1. The van der Waals surface area contributed by atoms with Crippen molar-refractivity contribution in [1.82, 2.24) is 0 Å². The summed E-state index contributed by atoms with van der Waals surface area (Å²) in [6.07, 6.45) is 3.55. The van der Waals surface area contributed by atoms with E-state index in [0.29, 0.717) is 0 Å². The van der Waals surface area contributed by atoms with E-state index in [2.05, 4.69) is 32.0 Å². The fourth-order valence-corrected chi connectivity index (χ4v) is 2.01. The van der Waals surface area contributed by atoms with Gasteiger partial charge in [-0.15, -0.1) is 0 Å². The molecule has 1 aromatic rings. The minimum atomic E-state index is -0.325. The Morgan fingerprint density at radius 1 is 1.31 bits per heavy atom. The lowest BCUT2D eigenvalue weighted by Gasteiger charge is -2.24. The van der Waals surface area contributed by atoms with Gasteiger partial charge in [-0.1, -0.05) is 37.3 Å².